The highest BCUT2D eigenvalue weighted by Crippen LogP contribution is 2.14. The number of Topliss-reactive ketones (excluding diaryl/α,β-unsaturated/α-hetero) is 1. The van der Waals surface area contributed by atoms with Gasteiger partial charge in [0.05, 0.1) is 18.6 Å². The van der Waals surface area contributed by atoms with Crippen LogP contribution < -0.4 is 0 Å². The average Bonchev–Trinajstić information content (AvgIpc) is 3.24. The highest BCUT2D eigenvalue weighted by atomic mass is 32.2. The topological polar surface area (TPSA) is 145 Å². The number of rotatable bonds is 6. The molecule has 30 heavy (non-hydrogen) atoms. The van der Waals surface area contributed by atoms with E-state index in [2.05, 4.69) is 0 Å². The number of benzene rings is 1. The molecule has 1 saturated heterocycles. The molecule has 1 aliphatic heterocycles. The molecule has 0 spiro atoms. The van der Waals surface area contributed by atoms with Crippen LogP contribution in [0.1, 0.15) is 16.1 Å². The van der Waals surface area contributed by atoms with Crippen molar-refractivity contribution in [3.63, 3.8) is 0 Å². The summed E-state index contributed by atoms with van der Waals surface area (Å²) in [6, 6.07) is 12.5. The predicted molar refractivity (Wildman–Crippen MR) is 105 cm³/mol. The second-order valence-corrected chi connectivity index (χ2v) is 8.40. The van der Waals surface area contributed by atoms with Crippen LogP contribution in [0.4, 0.5) is 0 Å². The summed E-state index contributed by atoms with van der Waals surface area (Å²) >= 11 is 0. The van der Waals surface area contributed by atoms with Gasteiger partial charge in [0, 0.05) is 26.2 Å². The Balaban J connectivity index is 0.000000469. The van der Waals surface area contributed by atoms with Crippen molar-refractivity contribution in [1.82, 2.24) is 9.21 Å². The summed E-state index contributed by atoms with van der Waals surface area (Å²) in [5, 5.41) is 14.8. The van der Waals surface area contributed by atoms with Gasteiger partial charge in [-0.25, -0.2) is 18.0 Å². The Kier molecular flexibility index (Phi) is 8.27. The van der Waals surface area contributed by atoms with Gasteiger partial charge in [-0.05, 0) is 17.7 Å². The zero-order chi connectivity index (χ0) is 22.1. The number of furan rings is 1. The first-order chi connectivity index (χ1) is 14.2. The van der Waals surface area contributed by atoms with Crippen molar-refractivity contribution in [2.45, 2.75) is 5.75 Å². The molecule has 1 aromatic carbocycles. The molecule has 3 rings (SSSR count). The van der Waals surface area contributed by atoms with E-state index in [1.807, 2.05) is 35.2 Å². The van der Waals surface area contributed by atoms with Crippen molar-refractivity contribution < 1.29 is 37.4 Å². The predicted octanol–water partition coefficient (Wildman–Crippen LogP) is 0.765. The third-order valence-corrected chi connectivity index (χ3v) is 6.11. The fraction of sp³-hybridized carbons (Fsp3) is 0.316. The molecule has 10 nitrogen and oxygen atoms in total. The van der Waals surface area contributed by atoms with Crippen molar-refractivity contribution in [2.75, 3.05) is 32.7 Å². The Morgan fingerprint density at radius 2 is 1.50 bits per heavy atom. The van der Waals surface area contributed by atoms with Crippen molar-refractivity contribution >= 4 is 27.7 Å². The molecule has 0 unspecified atom stereocenters. The quantitative estimate of drug-likeness (QED) is 0.493. The smallest absolute Gasteiger partial charge is 0.414 e. The Morgan fingerprint density at radius 1 is 0.900 bits per heavy atom. The van der Waals surface area contributed by atoms with Crippen molar-refractivity contribution in [3.8, 4) is 0 Å². The highest BCUT2D eigenvalue weighted by molar-refractivity contribution is 7.88. The zero-order valence-corrected chi connectivity index (χ0v) is 16.8. The Hall–Kier alpha value is -3.02. The molecule has 0 radical (unpaired) electrons. The number of ketones is 1. The van der Waals surface area contributed by atoms with Gasteiger partial charge in [0.15, 0.2) is 5.76 Å². The number of nitrogens with zero attached hydrogens (tertiary/aromatic N) is 2. The summed E-state index contributed by atoms with van der Waals surface area (Å²) in [4.78, 5) is 32.2. The van der Waals surface area contributed by atoms with Crippen LogP contribution in [-0.2, 0) is 25.4 Å². The minimum Gasteiger partial charge on any atom is -0.473 e. The van der Waals surface area contributed by atoms with Gasteiger partial charge in [-0.1, -0.05) is 30.3 Å². The molecule has 1 fully saturated rings. The van der Waals surface area contributed by atoms with E-state index in [1.165, 1.54) is 10.6 Å². The molecule has 1 aliphatic rings. The maximum atomic E-state index is 12.5. The van der Waals surface area contributed by atoms with Crippen LogP contribution in [0.2, 0.25) is 0 Å². The van der Waals surface area contributed by atoms with Crippen LogP contribution in [0.25, 0.3) is 0 Å². The van der Waals surface area contributed by atoms with E-state index in [9.17, 15) is 13.2 Å². The largest absolute Gasteiger partial charge is 0.473 e. The molecule has 2 N–H and O–H groups in total. The van der Waals surface area contributed by atoms with Gasteiger partial charge in [-0.3, -0.25) is 9.69 Å². The minimum atomic E-state index is -3.33. The highest BCUT2D eigenvalue weighted by Gasteiger charge is 2.28. The Labute approximate surface area is 173 Å². The third kappa shape index (κ3) is 7.10. The minimum absolute atomic E-state index is 0.0131. The number of aliphatic carboxylic acids is 2. The molecule has 2 aromatic rings. The second-order valence-electron chi connectivity index (χ2n) is 6.43. The summed E-state index contributed by atoms with van der Waals surface area (Å²) in [5.74, 6) is -3.38. The first-order valence-electron chi connectivity index (χ1n) is 8.96. The van der Waals surface area contributed by atoms with Gasteiger partial charge in [0.2, 0.25) is 15.8 Å². The number of hydrogen-bond acceptors (Lipinski definition) is 7. The number of carboxylic acids is 2. The van der Waals surface area contributed by atoms with E-state index >= 15 is 0 Å². The number of carbonyl (C=O) groups excluding carboxylic acids is 1. The summed E-state index contributed by atoms with van der Waals surface area (Å²) in [7, 11) is -3.33. The number of hydrogen-bond donors (Lipinski definition) is 2. The molecule has 0 bridgehead atoms. The van der Waals surface area contributed by atoms with E-state index in [1.54, 1.807) is 12.1 Å². The van der Waals surface area contributed by atoms with Crippen LogP contribution in [0, 0.1) is 0 Å². The SMILES string of the molecule is O=C(CN1CCN(S(=O)(=O)Cc2ccccc2)CC1)c1ccco1.O=C(O)C(=O)O. The van der Waals surface area contributed by atoms with E-state index < -0.39 is 22.0 Å². The van der Waals surface area contributed by atoms with Crippen molar-refractivity contribution in [1.29, 1.82) is 0 Å². The maximum absolute atomic E-state index is 12.5. The number of sulfonamides is 1. The number of piperazine rings is 1. The van der Waals surface area contributed by atoms with Gasteiger partial charge in [0.25, 0.3) is 0 Å². The average molecular weight is 438 g/mol. The first kappa shape index (κ1) is 23.3. The molecule has 0 aliphatic carbocycles. The van der Waals surface area contributed by atoms with Crippen LogP contribution in [0.5, 0.6) is 0 Å². The van der Waals surface area contributed by atoms with Gasteiger partial charge in [-0.15, -0.1) is 0 Å². The van der Waals surface area contributed by atoms with Crippen LogP contribution >= 0.6 is 0 Å². The van der Waals surface area contributed by atoms with E-state index in [0.29, 0.717) is 31.9 Å². The molecule has 2 heterocycles. The second kappa shape index (κ2) is 10.7. The van der Waals surface area contributed by atoms with Crippen molar-refractivity contribution in [2.24, 2.45) is 0 Å². The monoisotopic (exact) mass is 438 g/mol. The zero-order valence-electron chi connectivity index (χ0n) is 16.0. The molecule has 162 valence electrons. The number of carbonyl (C=O) groups is 3. The Bertz CT molecular complexity index is 938. The summed E-state index contributed by atoms with van der Waals surface area (Å²) < 4.78 is 31.6. The van der Waals surface area contributed by atoms with Gasteiger partial charge >= 0.3 is 11.9 Å². The summed E-state index contributed by atoms with van der Waals surface area (Å²) in [6.45, 7) is 2.14. The number of carboxylic acid groups (broad SMARTS) is 2. The summed E-state index contributed by atoms with van der Waals surface area (Å²) in [6.07, 6.45) is 1.47. The lowest BCUT2D eigenvalue weighted by molar-refractivity contribution is -0.159. The fourth-order valence-corrected chi connectivity index (χ4v) is 4.28. The molecular formula is C19H22N2O8S. The van der Waals surface area contributed by atoms with Crippen LogP contribution in [0.3, 0.4) is 0 Å². The lowest BCUT2D eigenvalue weighted by Crippen LogP contribution is -2.50. The summed E-state index contributed by atoms with van der Waals surface area (Å²) in [5.41, 5.74) is 0.785. The molecule has 0 saturated carbocycles. The van der Waals surface area contributed by atoms with E-state index in [4.69, 9.17) is 24.2 Å². The standard InChI is InChI=1S/C17H20N2O4S.C2H2O4/c20-16(17-7-4-12-23-17)13-18-8-10-19(11-9-18)24(21,22)14-15-5-2-1-3-6-15;3-1(4)2(5)6/h1-7,12H,8-11,13-14H2;(H,3,4)(H,5,6). The third-order valence-electron chi connectivity index (χ3n) is 4.26. The van der Waals surface area contributed by atoms with Crippen molar-refractivity contribution in [3.05, 3.63) is 60.1 Å². The van der Waals surface area contributed by atoms with Crippen LogP contribution in [0.15, 0.2) is 53.1 Å². The fourth-order valence-electron chi connectivity index (χ4n) is 2.76. The molecular weight excluding hydrogens is 416 g/mol. The lowest BCUT2D eigenvalue weighted by atomic mass is 10.2. The Morgan fingerprint density at radius 3 is 2.00 bits per heavy atom. The molecule has 0 amide bonds. The normalized spacial score (nSPS) is 15.1. The first-order valence-corrected chi connectivity index (χ1v) is 10.6. The molecule has 0 atom stereocenters. The molecule has 11 heteroatoms. The van der Waals surface area contributed by atoms with E-state index in [-0.39, 0.29) is 18.1 Å². The lowest BCUT2D eigenvalue weighted by Gasteiger charge is -2.33. The van der Waals surface area contributed by atoms with E-state index in [0.717, 1.165) is 5.56 Å². The molecule has 1 aromatic heterocycles. The van der Waals surface area contributed by atoms with Gasteiger partial charge in [-0.2, -0.15) is 4.31 Å². The van der Waals surface area contributed by atoms with Gasteiger partial charge in [0.1, 0.15) is 0 Å². The maximum Gasteiger partial charge on any atom is 0.414 e. The van der Waals surface area contributed by atoms with Gasteiger partial charge < -0.3 is 14.6 Å². The van der Waals surface area contributed by atoms with Crippen LogP contribution in [-0.4, -0.2) is 78.3 Å².